The molecule has 8 heteroatoms. The van der Waals surface area contributed by atoms with Crippen LogP contribution in [0.2, 0.25) is 0 Å². The van der Waals surface area contributed by atoms with Crippen LogP contribution in [0.5, 0.6) is 0 Å². The van der Waals surface area contributed by atoms with E-state index < -0.39 is 11.8 Å². The lowest BCUT2D eigenvalue weighted by Crippen LogP contribution is -2.34. The van der Waals surface area contributed by atoms with Crippen molar-refractivity contribution in [2.24, 2.45) is 5.73 Å². The third kappa shape index (κ3) is 2.78. The number of rotatable bonds is 2. The van der Waals surface area contributed by atoms with Crippen LogP contribution in [-0.4, -0.2) is 17.1 Å². The van der Waals surface area contributed by atoms with Crippen molar-refractivity contribution in [2.75, 3.05) is 16.8 Å². The van der Waals surface area contributed by atoms with Crippen molar-refractivity contribution in [1.29, 1.82) is 0 Å². The molecule has 1 radical (unpaired) electrons. The summed E-state index contributed by atoms with van der Waals surface area (Å²) in [4.78, 5) is 25.1. The molecule has 0 bridgehead atoms. The average Bonchev–Trinajstić information content (AvgIpc) is 2.91. The zero-order chi connectivity index (χ0) is 16.7. The summed E-state index contributed by atoms with van der Waals surface area (Å²) in [5.41, 5.74) is 6.02. The summed E-state index contributed by atoms with van der Waals surface area (Å²) < 4.78 is 16.2. The van der Waals surface area contributed by atoms with E-state index in [4.69, 9.17) is 5.73 Å². The van der Waals surface area contributed by atoms with Crippen molar-refractivity contribution in [1.82, 2.24) is 4.57 Å². The zero-order valence-electron chi connectivity index (χ0n) is 12.2. The monoisotopic (exact) mass is 427 g/mol. The summed E-state index contributed by atoms with van der Waals surface area (Å²) in [6, 6.07) is 7.03. The first-order chi connectivity index (χ1) is 10.9. The molecule has 3 N–H and O–H groups in total. The number of hydrogen-bond donors (Lipinski definition) is 2. The Morgan fingerprint density at radius 1 is 1.43 bits per heavy atom. The number of nitrogens with zero attached hydrogens (tertiary/aromatic N) is 2. The van der Waals surface area contributed by atoms with E-state index in [1.165, 1.54) is 15.5 Å². The second kappa shape index (κ2) is 5.84. The highest BCUT2D eigenvalue weighted by Gasteiger charge is 2.26. The molecule has 2 aromatic rings. The van der Waals surface area contributed by atoms with E-state index in [0.29, 0.717) is 30.2 Å². The van der Waals surface area contributed by atoms with Gasteiger partial charge >= 0.3 is 6.03 Å². The quantitative estimate of drug-likeness (QED) is 0.723. The van der Waals surface area contributed by atoms with Crippen LogP contribution in [0.4, 0.5) is 26.4 Å². The summed E-state index contributed by atoms with van der Waals surface area (Å²) >= 11 is 2.01. The number of primary amides is 1. The van der Waals surface area contributed by atoms with Crippen LogP contribution in [0.25, 0.3) is 0 Å². The first-order valence-corrected chi connectivity index (χ1v) is 7.92. The minimum absolute atomic E-state index is 0.234. The summed E-state index contributed by atoms with van der Waals surface area (Å²) in [5.74, 6) is -0.140. The smallest absolute Gasteiger partial charge is 0.320 e. The zero-order valence-corrected chi connectivity index (χ0v) is 14.3. The molecule has 0 spiro atoms. The van der Waals surface area contributed by atoms with Gasteiger partial charge in [-0.05, 0) is 47.7 Å². The fourth-order valence-electron chi connectivity index (χ4n) is 2.47. The molecule has 0 atom stereocenters. The number of pyridine rings is 1. The van der Waals surface area contributed by atoms with Crippen molar-refractivity contribution < 1.29 is 9.18 Å². The molecule has 0 saturated heterocycles. The third-order valence-electron chi connectivity index (χ3n) is 3.69. The van der Waals surface area contributed by atoms with Crippen LogP contribution in [0.1, 0.15) is 5.56 Å². The second-order valence-electron chi connectivity index (χ2n) is 5.14. The first-order valence-electron chi connectivity index (χ1n) is 6.84. The van der Waals surface area contributed by atoms with Crippen LogP contribution in [0, 0.1) is 22.4 Å². The second-order valence-corrected chi connectivity index (χ2v) is 6.39. The molecule has 119 valence electrons. The third-order valence-corrected chi connectivity index (χ3v) is 4.36. The number of urea groups is 1. The summed E-state index contributed by atoms with van der Waals surface area (Å²) in [7, 11) is 0. The topological polar surface area (TPSA) is 80.4 Å². The van der Waals surface area contributed by atoms with Gasteiger partial charge in [0.2, 0.25) is 0 Å². The molecule has 1 aliphatic rings. The van der Waals surface area contributed by atoms with Gasteiger partial charge in [0.25, 0.3) is 5.56 Å². The van der Waals surface area contributed by atoms with E-state index in [9.17, 15) is 14.0 Å². The predicted molar refractivity (Wildman–Crippen MR) is 93.6 cm³/mol. The highest BCUT2D eigenvalue weighted by Crippen LogP contribution is 2.27. The molecule has 6 nitrogen and oxygen atoms in total. The van der Waals surface area contributed by atoms with E-state index in [1.54, 1.807) is 19.1 Å². The Labute approximate surface area is 145 Å². The molecule has 3 rings (SSSR count). The number of nitrogens with two attached hydrogens (primary N) is 1. The molecule has 0 fully saturated rings. The Kier molecular flexibility index (Phi) is 4.00. The number of anilines is 3. The van der Waals surface area contributed by atoms with Gasteiger partial charge < -0.3 is 11.1 Å². The van der Waals surface area contributed by atoms with Crippen molar-refractivity contribution in [3.63, 3.8) is 0 Å². The summed E-state index contributed by atoms with van der Waals surface area (Å²) in [5, 5.41) is 2.87. The van der Waals surface area contributed by atoms with Gasteiger partial charge in [-0.15, -0.1) is 0 Å². The van der Waals surface area contributed by atoms with Gasteiger partial charge in [0.05, 0.1) is 17.4 Å². The fourth-order valence-corrected chi connectivity index (χ4v) is 2.92. The molecule has 0 aliphatic carbocycles. The van der Waals surface area contributed by atoms with E-state index >= 15 is 0 Å². The number of halogens is 2. The van der Waals surface area contributed by atoms with Crippen LogP contribution in [0.15, 0.2) is 23.0 Å². The molecule has 23 heavy (non-hydrogen) atoms. The molecule has 1 aromatic carbocycles. The molecular weight excluding hydrogens is 414 g/mol. The van der Waals surface area contributed by atoms with Crippen LogP contribution >= 0.6 is 22.6 Å². The van der Waals surface area contributed by atoms with Gasteiger partial charge in [-0.2, -0.15) is 0 Å². The van der Waals surface area contributed by atoms with Crippen molar-refractivity contribution in [3.8, 4) is 0 Å². The molecule has 1 aromatic heterocycles. The Balaban J connectivity index is 2.07. The number of fused-ring (bicyclic) bond motifs is 1. The average molecular weight is 427 g/mol. The standard InChI is InChI=1S/C15H13FIN4O2/c1-8-12(19-11-3-2-9(17)6-10(11)16)7-13-20(14(8)22)4-5-21(13)15(18)23/h2-3,6,19H,4-5H2,1H3,(H2,18,23). The number of benzene rings is 1. The van der Waals surface area contributed by atoms with Gasteiger partial charge in [0.1, 0.15) is 11.6 Å². The largest absolute Gasteiger partial charge is 0.352 e. The number of aromatic nitrogens is 1. The number of carbonyl (C=O) groups excluding carboxylic acids is 1. The lowest BCUT2D eigenvalue weighted by molar-refractivity contribution is 0.254. The first kappa shape index (κ1) is 15.8. The SMILES string of the molecule is Cc1c(Nc2ccc(I)cc2F)[c]c2n(c1=O)CCN2C(N)=O. The lowest BCUT2D eigenvalue weighted by atomic mass is 10.2. The van der Waals surface area contributed by atoms with Crippen LogP contribution in [-0.2, 0) is 6.54 Å². The predicted octanol–water partition coefficient (Wildman–Crippen LogP) is 2.34. The Bertz CT molecular complexity index is 865. The molecule has 1 aliphatic heterocycles. The van der Waals surface area contributed by atoms with Crippen molar-refractivity contribution >= 4 is 45.8 Å². The molecule has 2 heterocycles. The number of amides is 2. The highest BCUT2D eigenvalue weighted by molar-refractivity contribution is 14.1. The van der Waals surface area contributed by atoms with Gasteiger partial charge in [-0.3, -0.25) is 14.3 Å². The van der Waals surface area contributed by atoms with Gasteiger partial charge in [0.15, 0.2) is 0 Å². The fraction of sp³-hybridized carbons (Fsp3) is 0.200. The minimum Gasteiger partial charge on any atom is -0.352 e. The molecular formula is C15H13FIN4O2. The lowest BCUT2D eigenvalue weighted by Gasteiger charge is -2.16. The molecule has 2 amide bonds. The molecule has 0 unspecified atom stereocenters. The summed E-state index contributed by atoms with van der Waals surface area (Å²) in [6.45, 7) is 2.32. The van der Waals surface area contributed by atoms with Gasteiger partial charge in [0, 0.05) is 22.2 Å². The van der Waals surface area contributed by atoms with Gasteiger partial charge in [-0.1, -0.05) is 0 Å². The maximum Gasteiger partial charge on any atom is 0.320 e. The molecule has 0 saturated carbocycles. The maximum atomic E-state index is 14.0. The van der Waals surface area contributed by atoms with Crippen molar-refractivity contribution in [3.05, 3.63) is 49.6 Å². The van der Waals surface area contributed by atoms with Crippen LogP contribution in [0.3, 0.4) is 0 Å². The van der Waals surface area contributed by atoms with Crippen LogP contribution < -0.4 is 21.5 Å². The van der Waals surface area contributed by atoms with Crippen molar-refractivity contribution in [2.45, 2.75) is 13.5 Å². The van der Waals surface area contributed by atoms with E-state index in [-0.39, 0.29) is 11.2 Å². The normalized spacial score (nSPS) is 13.1. The highest BCUT2D eigenvalue weighted by atomic mass is 127. The summed E-state index contributed by atoms with van der Waals surface area (Å²) in [6.07, 6.45) is 0. The maximum absolute atomic E-state index is 14.0. The van der Waals surface area contributed by atoms with Gasteiger partial charge in [-0.25, -0.2) is 9.18 Å². The Hall–Kier alpha value is -2.10. The number of nitrogens with one attached hydrogen (secondary N) is 1. The minimum atomic E-state index is -0.651. The van der Waals surface area contributed by atoms with E-state index in [1.807, 2.05) is 22.6 Å². The Morgan fingerprint density at radius 2 is 2.17 bits per heavy atom. The Morgan fingerprint density at radius 3 is 2.83 bits per heavy atom. The number of hydrogen-bond acceptors (Lipinski definition) is 3. The number of carbonyl (C=O) groups is 1. The van der Waals surface area contributed by atoms with E-state index in [2.05, 4.69) is 11.4 Å². The van der Waals surface area contributed by atoms with E-state index in [0.717, 1.165) is 3.57 Å².